The van der Waals surface area contributed by atoms with Crippen LogP contribution in [0.1, 0.15) is 16.2 Å². The van der Waals surface area contributed by atoms with Crippen molar-refractivity contribution in [2.75, 3.05) is 12.8 Å². The molecule has 0 saturated heterocycles. The van der Waals surface area contributed by atoms with Crippen molar-refractivity contribution in [3.63, 3.8) is 0 Å². The molecular weight excluding hydrogens is 246 g/mol. The molecule has 0 aliphatic carbocycles. The summed E-state index contributed by atoms with van der Waals surface area (Å²) >= 11 is 0. The van der Waals surface area contributed by atoms with Crippen molar-refractivity contribution in [3.05, 3.63) is 48.0 Å². The van der Waals surface area contributed by atoms with Gasteiger partial charge in [-0.25, -0.2) is 14.8 Å². The SMILES string of the molecule is COc1cc(N)ccc1C(=O)OCc1ncccn1. The predicted octanol–water partition coefficient (Wildman–Crippen LogP) is 1.42. The second-order valence-corrected chi connectivity index (χ2v) is 3.70. The highest BCUT2D eigenvalue weighted by Crippen LogP contribution is 2.22. The summed E-state index contributed by atoms with van der Waals surface area (Å²) in [6, 6.07) is 6.42. The average molecular weight is 259 g/mol. The summed E-state index contributed by atoms with van der Waals surface area (Å²) in [4.78, 5) is 19.8. The lowest BCUT2D eigenvalue weighted by Crippen LogP contribution is -2.09. The van der Waals surface area contributed by atoms with Crippen molar-refractivity contribution >= 4 is 11.7 Å². The highest BCUT2D eigenvalue weighted by molar-refractivity contribution is 5.93. The molecule has 0 atom stereocenters. The Labute approximate surface area is 110 Å². The van der Waals surface area contributed by atoms with Gasteiger partial charge in [-0.2, -0.15) is 0 Å². The highest BCUT2D eigenvalue weighted by atomic mass is 16.5. The summed E-state index contributed by atoms with van der Waals surface area (Å²) in [5.74, 6) is 0.300. The monoisotopic (exact) mass is 259 g/mol. The Balaban J connectivity index is 2.08. The van der Waals surface area contributed by atoms with Crippen molar-refractivity contribution < 1.29 is 14.3 Å². The molecule has 1 aromatic carbocycles. The Hall–Kier alpha value is -2.63. The van der Waals surface area contributed by atoms with E-state index in [1.807, 2.05) is 0 Å². The van der Waals surface area contributed by atoms with Crippen LogP contribution in [0.15, 0.2) is 36.7 Å². The molecule has 0 spiro atoms. The fraction of sp³-hybridized carbons (Fsp3) is 0.154. The first-order chi connectivity index (χ1) is 9.20. The molecule has 2 rings (SSSR count). The van der Waals surface area contributed by atoms with Gasteiger partial charge in [-0.3, -0.25) is 0 Å². The summed E-state index contributed by atoms with van der Waals surface area (Å²) in [5, 5.41) is 0. The number of hydrogen-bond donors (Lipinski definition) is 1. The van der Waals surface area contributed by atoms with Gasteiger partial charge in [-0.15, -0.1) is 0 Å². The second-order valence-electron chi connectivity index (χ2n) is 3.70. The topological polar surface area (TPSA) is 87.3 Å². The summed E-state index contributed by atoms with van der Waals surface area (Å²) in [5.41, 5.74) is 6.44. The van der Waals surface area contributed by atoms with Crippen LogP contribution in [0, 0.1) is 0 Å². The molecular formula is C13H13N3O3. The molecule has 0 fully saturated rings. The Bertz CT molecular complexity index is 573. The molecule has 0 amide bonds. The molecule has 0 aliphatic heterocycles. The van der Waals surface area contributed by atoms with Crippen LogP contribution < -0.4 is 10.5 Å². The van der Waals surface area contributed by atoms with Crippen LogP contribution in [-0.2, 0) is 11.3 Å². The number of hydrogen-bond acceptors (Lipinski definition) is 6. The minimum atomic E-state index is -0.510. The van der Waals surface area contributed by atoms with Crippen LogP contribution in [0.2, 0.25) is 0 Å². The van der Waals surface area contributed by atoms with Crippen molar-refractivity contribution in [2.24, 2.45) is 0 Å². The maximum absolute atomic E-state index is 11.9. The van der Waals surface area contributed by atoms with E-state index >= 15 is 0 Å². The number of carbonyl (C=O) groups is 1. The fourth-order valence-electron chi connectivity index (χ4n) is 1.49. The summed E-state index contributed by atoms with van der Waals surface area (Å²) in [6.07, 6.45) is 3.17. The van der Waals surface area contributed by atoms with E-state index in [2.05, 4.69) is 9.97 Å². The predicted molar refractivity (Wildman–Crippen MR) is 68.6 cm³/mol. The smallest absolute Gasteiger partial charge is 0.342 e. The molecule has 0 unspecified atom stereocenters. The van der Waals surface area contributed by atoms with Gasteiger partial charge < -0.3 is 15.2 Å². The van der Waals surface area contributed by atoms with Gasteiger partial charge in [0.25, 0.3) is 0 Å². The molecule has 6 nitrogen and oxygen atoms in total. The standard InChI is InChI=1S/C13H13N3O3/c1-18-11-7-9(14)3-4-10(11)13(17)19-8-12-15-5-2-6-16-12/h2-7H,8,14H2,1H3. The van der Waals surface area contributed by atoms with Gasteiger partial charge in [-0.05, 0) is 18.2 Å². The van der Waals surface area contributed by atoms with E-state index in [0.717, 1.165) is 0 Å². The van der Waals surface area contributed by atoms with E-state index in [-0.39, 0.29) is 6.61 Å². The third-order valence-corrected chi connectivity index (χ3v) is 2.40. The second kappa shape index (κ2) is 5.81. The van der Waals surface area contributed by atoms with Crippen molar-refractivity contribution in [2.45, 2.75) is 6.61 Å². The van der Waals surface area contributed by atoms with E-state index < -0.39 is 5.97 Å². The lowest BCUT2D eigenvalue weighted by Gasteiger charge is -2.08. The molecule has 19 heavy (non-hydrogen) atoms. The molecule has 1 heterocycles. The number of methoxy groups -OCH3 is 1. The molecule has 1 aromatic heterocycles. The Morgan fingerprint density at radius 3 is 2.74 bits per heavy atom. The average Bonchev–Trinajstić information content (AvgIpc) is 2.45. The van der Waals surface area contributed by atoms with Gasteiger partial charge in [0.15, 0.2) is 12.4 Å². The highest BCUT2D eigenvalue weighted by Gasteiger charge is 2.14. The maximum Gasteiger partial charge on any atom is 0.342 e. The zero-order valence-corrected chi connectivity index (χ0v) is 10.4. The first-order valence-electron chi connectivity index (χ1n) is 5.57. The summed E-state index contributed by atoms with van der Waals surface area (Å²) < 4.78 is 10.2. The number of benzene rings is 1. The lowest BCUT2D eigenvalue weighted by molar-refractivity contribution is 0.0458. The van der Waals surface area contributed by atoms with Crippen LogP contribution in [-0.4, -0.2) is 23.0 Å². The van der Waals surface area contributed by atoms with E-state index in [1.54, 1.807) is 36.7 Å². The zero-order chi connectivity index (χ0) is 13.7. The Morgan fingerprint density at radius 1 is 1.32 bits per heavy atom. The van der Waals surface area contributed by atoms with Crippen molar-refractivity contribution in [1.82, 2.24) is 9.97 Å². The van der Waals surface area contributed by atoms with Crippen LogP contribution in [0.4, 0.5) is 5.69 Å². The minimum Gasteiger partial charge on any atom is -0.496 e. The van der Waals surface area contributed by atoms with E-state index in [9.17, 15) is 4.79 Å². The number of ether oxygens (including phenoxy) is 2. The number of rotatable bonds is 4. The molecule has 0 aliphatic rings. The lowest BCUT2D eigenvalue weighted by atomic mass is 10.2. The molecule has 6 heteroatoms. The third-order valence-electron chi connectivity index (χ3n) is 2.40. The van der Waals surface area contributed by atoms with E-state index in [0.29, 0.717) is 22.8 Å². The number of anilines is 1. The van der Waals surface area contributed by atoms with Gasteiger partial charge in [-0.1, -0.05) is 0 Å². The maximum atomic E-state index is 11.9. The van der Waals surface area contributed by atoms with E-state index in [4.69, 9.17) is 15.2 Å². The fourth-order valence-corrected chi connectivity index (χ4v) is 1.49. The minimum absolute atomic E-state index is 0.00715. The van der Waals surface area contributed by atoms with Crippen LogP contribution in [0.25, 0.3) is 0 Å². The number of nitrogens with zero attached hydrogens (tertiary/aromatic N) is 2. The van der Waals surface area contributed by atoms with E-state index in [1.165, 1.54) is 7.11 Å². The van der Waals surface area contributed by atoms with Crippen LogP contribution >= 0.6 is 0 Å². The summed E-state index contributed by atoms with van der Waals surface area (Å²) in [6.45, 7) is 0.00715. The van der Waals surface area contributed by atoms with Gasteiger partial charge in [0.05, 0.1) is 7.11 Å². The molecule has 0 radical (unpaired) electrons. The molecule has 0 saturated carbocycles. The largest absolute Gasteiger partial charge is 0.496 e. The number of nitrogens with two attached hydrogens (primary N) is 1. The van der Waals surface area contributed by atoms with Gasteiger partial charge in [0.1, 0.15) is 11.3 Å². The van der Waals surface area contributed by atoms with Crippen LogP contribution in [0.5, 0.6) is 5.75 Å². The quantitative estimate of drug-likeness (QED) is 0.660. The normalized spacial score (nSPS) is 9.95. The first-order valence-corrected chi connectivity index (χ1v) is 5.57. The molecule has 2 aromatic rings. The molecule has 0 bridgehead atoms. The number of carbonyl (C=O) groups excluding carboxylic acids is 1. The number of nitrogen functional groups attached to an aromatic ring is 1. The zero-order valence-electron chi connectivity index (χ0n) is 10.4. The van der Waals surface area contributed by atoms with Crippen molar-refractivity contribution in [1.29, 1.82) is 0 Å². The van der Waals surface area contributed by atoms with Crippen LogP contribution in [0.3, 0.4) is 0 Å². The number of aromatic nitrogens is 2. The Kier molecular flexibility index (Phi) is 3.92. The Morgan fingerprint density at radius 2 is 2.05 bits per heavy atom. The van der Waals surface area contributed by atoms with Gasteiger partial charge in [0, 0.05) is 24.1 Å². The molecule has 98 valence electrons. The third kappa shape index (κ3) is 3.19. The summed E-state index contributed by atoms with van der Waals surface area (Å²) in [7, 11) is 1.46. The first kappa shape index (κ1) is 12.8. The molecule has 2 N–H and O–H groups in total. The van der Waals surface area contributed by atoms with Gasteiger partial charge >= 0.3 is 5.97 Å². The van der Waals surface area contributed by atoms with Gasteiger partial charge in [0.2, 0.25) is 0 Å². The number of esters is 1. The van der Waals surface area contributed by atoms with Crippen molar-refractivity contribution in [3.8, 4) is 5.75 Å².